The second-order valence-corrected chi connectivity index (χ2v) is 3.60. The van der Waals surface area contributed by atoms with Crippen LogP contribution < -0.4 is 0 Å². The molecule has 1 aromatic heterocycles. The molecule has 0 atom stereocenters. The van der Waals surface area contributed by atoms with Crippen molar-refractivity contribution in [2.45, 2.75) is 39.2 Å². The number of ketones is 1. The van der Waals surface area contributed by atoms with Crippen molar-refractivity contribution in [3.8, 4) is 0 Å². The fourth-order valence-electron chi connectivity index (χ4n) is 2.01. The molecule has 0 amide bonds. The lowest BCUT2D eigenvalue weighted by Gasteiger charge is -2.15. The van der Waals surface area contributed by atoms with Gasteiger partial charge in [-0.15, -0.1) is 0 Å². The standard InChI is InChI=1S/C11H15NO/c1-2-11(13)9-6-8-12-7-4-3-5-10(9)12/h6,8H,2-5,7H2,1H3. The highest BCUT2D eigenvalue weighted by Crippen LogP contribution is 2.20. The first-order chi connectivity index (χ1) is 6.33. The zero-order chi connectivity index (χ0) is 9.26. The van der Waals surface area contributed by atoms with Gasteiger partial charge in [-0.05, 0) is 25.3 Å². The summed E-state index contributed by atoms with van der Waals surface area (Å²) >= 11 is 0. The van der Waals surface area contributed by atoms with Gasteiger partial charge in [0.25, 0.3) is 0 Å². The van der Waals surface area contributed by atoms with Gasteiger partial charge in [-0.25, -0.2) is 0 Å². The molecule has 0 spiro atoms. The van der Waals surface area contributed by atoms with Crippen molar-refractivity contribution in [2.75, 3.05) is 0 Å². The van der Waals surface area contributed by atoms with Gasteiger partial charge in [-0.1, -0.05) is 6.92 Å². The zero-order valence-electron chi connectivity index (χ0n) is 8.05. The van der Waals surface area contributed by atoms with E-state index >= 15 is 0 Å². The van der Waals surface area contributed by atoms with E-state index in [1.165, 1.54) is 18.5 Å². The van der Waals surface area contributed by atoms with E-state index in [1.54, 1.807) is 0 Å². The number of hydrogen-bond donors (Lipinski definition) is 0. The second-order valence-electron chi connectivity index (χ2n) is 3.60. The van der Waals surface area contributed by atoms with Crippen LogP contribution in [0.4, 0.5) is 0 Å². The fourth-order valence-corrected chi connectivity index (χ4v) is 2.01. The van der Waals surface area contributed by atoms with Crippen LogP contribution in [0.15, 0.2) is 12.3 Å². The predicted octanol–water partition coefficient (Wildman–Crippen LogP) is 2.42. The summed E-state index contributed by atoms with van der Waals surface area (Å²) in [5, 5.41) is 0. The summed E-state index contributed by atoms with van der Waals surface area (Å²) in [6, 6.07) is 1.98. The number of aryl methyl sites for hydroxylation is 1. The summed E-state index contributed by atoms with van der Waals surface area (Å²) in [7, 11) is 0. The second kappa shape index (κ2) is 3.36. The predicted molar refractivity (Wildman–Crippen MR) is 52.0 cm³/mol. The van der Waals surface area contributed by atoms with Crippen molar-refractivity contribution in [3.63, 3.8) is 0 Å². The van der Waals surface area contributed by atoms with E-state index in [1.807, 2.05) is 13.0 Å². The topological polar surface area (TPSA) is 22.0 Å². The van der Waals surface area contributed by atoms with Gasteiger partial charge in [0, 0.05) is 30.4 Å². The van der Waals surface area contributed by atoms with Crippen molar-refractivity contribution in [2.24, 2.45) is 0 Å². The molecule has 13 heavy (non-hydrogen) atoms. The van der Waals surface area contributed by atoms with Gasteiger partial charge in [0.15, 0.2) is 5.78 Å². The SMILES string of the molecule is CCC(=O)c1ccn2c1CCCC2. The van der Waals surface area contributed by atoms with E-state index < -0.39 is 0 Å². The quantitative estimate of drug-likeness (QED) is 0.636. The van der Waals surface area contributed by atoms with E-state index in [4.69, 9.17) is 0 Å². The van der Waals surface area contributed by atoms with Crippen molar-refractivity contribution in [3.05, 3.63) is 23.5 Å². The smallest absolute Gasteiger partial charge is 0.164 e. The molecule has 0 aliphatic carbocycles. The molecule has 1 aromatic rings. The summed E-state index contributed by atoms with van der Waals surface area (Å²) in [4.78, 5) is 11.5. The minimum Gasteiger partial charge on any atom is -0.351 e. The minimum atomic E-state index is 0.288. The van der Waals surface area contributed by atoms with E-state index in [0.29, 0.717) is 6.42 Å². The molecular weight excluding hydrogens is 162 g/mol. The summed E-state index contributed by atoms with van der Waals surface area (Å²) in [6.07, 6.45) is 6.23. The average Bonchev–Trinajstić information content (AvgIpc) is 2.60. The Morgan fingerprint density at radius 1 is 1.54 bits per heavy atom. The number of nitrogens with zero attached hydrogens (tertiary/aromatic N) is 1. The Labute approximate surface area is 78.6 Å². The Balaban J connectivity index is 2.36. The van der Waals surface area contributed by atoms with Gasteiger partial charge in [0.05, 0.1) is 0 Å². The van der Waals surface area contributed by atoms with Crippen LogP contribution in [0, 0.1) is 0 Å². The van der Waals surface area contributed by atoms with Crippen molar-refractivity contribution < 1.29 is 4.79 Å². The first kappa shape index (κ1) is 8.54. The van der Waals surface area contributed by atoms with Crippen LogP contribution in [0.3, 0.4) is 0 Å². The van der Waals surface area contributed by atoms with Crippen LogP contribution in [0.25, 0.3) is 0 Å². The number of Topliss-reactive ketones (excluding diaryl/α,β-unsaturated/α-hetero) is 1. The Morgan fingerprint density at radius 3 is 3.15 bits per heavy atom. The zero-order valence-corrected chi connectivity index (χ0v) is 8.05. The van der Waals surface area contributed by atoms with Crippen LogP contribution in [0.5, 0.6) is 0 Å². The Kier molecular flexibility index (Phi) is 2.21. The molecule has 0 saturated carbocycles. The van der Waals surface area contributed by atoms with E-state index in [9.17, 15) is 4.79 Å². The third-order valence-electron chi connectivity index (χ3n) is 2.76. The average molecular weight is 177 g/mol. The van der Waals surface area contributed by atoms with Crippen LogP contribution in [0.2, 0.25) is 0 Å². The van der Waals surface area contributed by atoms with Crippen LogP contribution in [-0.2, 0) is 13.0 Å². The van der Waals surface area contributed by atoms with Crippen LogP contribution in [-0.4, -0.2) is 10.4 Å². The third-order valence-corrected chi connectivity index (χ3v) is 2.76. The molecule has 1 aliphatic rings. The first-order valence-corrected chi connectivity index (χ1v) is 5.04. The molecule has 0 N–H and O–H groups in total. The van der Waals surface area contributed by atoms with E-state index in [-0.39, 0.29) is 5.78 Å². The highest BCUT2D eigenvalue weighted by molar-refractivity contribution is 5.97. The van der Waals surface area contributed by atoms with Gasteiger partial charge in [0.1, 0.15) is 0 Å². The molecule has 0 aromatic carbocycles. The van der Waals surface area contributed by atoms with Gasteiger partial charge in [0.2, 0.25) is 0 Å². The van der Waals surface area contributed by atoms with Gasteiger partial charge >= 0.3 is 0 Å². The number of carbonyl (C=O) groups is 1. The molecule has 70 valence electrons. The molecule has 0 radical (unpaired) electrons. The summed E-state index contributed by atoms with van der Waals surface area (Å²) in [5.41, 5.74) is 2.22. The third kappa shape index (κ3) is 1.41. The maximum absolute atomic E-state index is 11.5. The maximum atomic E-state index is 11.5. The van der Waals surface area contributed by atoms with Crippen molar-refractivity contribution in [1.82, 2.24) is 4.57 Å². The largest absolute Gasteiger partial charge is 0.351 e. The summed E-state index contributed by atoms with van der Waals surface area (Å²) in [6.45, 7) is 3.02. The minimum absolute atomic E-state index is 0.288. The lowest BCUT2D eigenvalue weighted by atomic mass is 10.0. The fraction of sp³-hybridized carbons (Fsp3) is 0.545. The van der Waals surface area contributed by atoms with E-state index in [2.05, 4.69) is 10.8 Å². The lowest BCUT2D eigenvalue weighted by molar-refractivity contribution is 0.0987. The Hall–Kier alpha value is -1.05. The van der Waals surface area contributed by atoms with Crippen LogP contribution >= 0.6 is 0 Å². The molecule has 2 heteroatoms. The number of carbonyl (C=O) groups excluding carboxylic acids is 1. The molecule has 0 bridgehead atoms. The number of rotatable bonds is 2. The molecule has 1 aliphatic heterocycles. The molecule has 2 nitrogen and oxygen atoms in total. The van der Waals surface area contributed by atoms with E-state index in [0.717, 1.165) is 18.5 Å². The summed E-state index contributed by atoms with van der Waals surface area (Å²) < 4.78 is 2.23. The number of hydrogen-bond acceptors (Lipinski definition) is 1. The highest BCUT2D eigenvalue weighted by Gasteiger charge is 2.16. The lowest BCUT2D eigenvalue weighted by Crippen LogP contribution is -2.11. The molecule has 0 unspecified atom stereocenters. The maximum Gasteiger partial charge on any atom is 0.164 e. The van der Waals surface area contributed by atoms with Crippen LogP contribution in [0.1, 0.15) is 42.2 Å². The van der Waals surface area contributed by atoms with Crippen molar-refractivity contribution >= 4 is 5.78 Å². The Bertz CT molecular complexity index is 325. The molecular formula is C11H15NO. The molecule has 0 fully saturated rings. The molecule has 2 rings (SSSR count). The summed E-state index contributed by atoms with van der Waals surface area (Å²) in [5.74, 6) is 0.288. The molecule has 2 heterocycles. The van der Waals surface area contributed by atoms with Crippen molar-refractivity contribution in [1.29, 1.82) is 0 Å². The first-order valence-electron chi connectivity index (χ1n) is 5.04. The Morgan fingerprint density at radius 2 is 2.38 bits per heavy atom. The highest BCUT2D eigenvalue weighted by atomic mass is 16.1. The van der Waals surface area contributed by atoms with Gasteiger partial charge < -0.3 is 4.57 Å². The molecule has 0 saturated heterocycles. The van der Waals surface area contributed by atoms with Gasteiger partial charge in [-0.2, -0.15) is 0 Å². The monoisotopic (exact) mass is 177 g/mol. The number of fused-ring (bicyclic) bond motifs is 1. The number of aromatic nitrogens is 1. The normalized spacial score (nSPS) is 15.5. The van der Waals surface area contributed by atoms with Gasteiger partial charge in [-0.3, -0.25) is 4.79 Å².